The van der Waals surface area contributed by atoms with Crippen molar-refractivity contribution in [2.45, 2.75) is 6.92 Å². The van der Waals surface area contributed by atoms with Crippen LogP contribution in [-0.4, -0.2) is 25.1 Å². The van der Waals surface area contributed by atoms with E-state index >= 15 is 0 Å². The van der Waals surface area contributed by atoms with E-state index in [1.807, 2.05) is 31.2 Å². The molecule has 13 heavy (non-hydrogen) atoms. The Bertz CT molecular complexity index is 245. The zero-order valence-corrected chi connectivity index (χ0v) is 8.23. The van der Waals surface area contributed by atoms with Crippen LogP contribution in [0.1, 0.15) is 6.92 Å². The van der Waals surface area contributed by atoms with Crippen LogP contribution in [0.15, 0.2) is 24.3 Å². The molecule has 0 aromatic rings. The van der Waals surface area contributed by atoms with Gasteiger partial charge in [-0.25, -0.2) is 5.06 Å². The second-order valence-corrected chi connectivity index (χ2v) is 3.17. The van der Waals surface area contributed by atoms with E-state index in [2.05, 4.69) is 0 Å². The predicted molar refractivity (Wildman–Crippen MR) is 50.7 cm³/mol. The van der Waals surface area contributed by atoms with Gasteiger partial charge in [0, 0.05) is 7.05 Å². The van der Waals surface area contributed by atoms with E-state index < -0.39 is 0 Å². The molecule has 0 bridgehead atoms. The largest absolute Gasteiger partial charge is 0.275 e. The molecule has 0 aromatic carbocycles. The summed E-state index contributed by atoms with van der Waals surface area (Å²) in [5, 5.41) is 1.27. The first-order valence-electron chi connectivity index (χ1n) is 4.33. The Morgan fingerprint density at radius 1 is 1.38 bits per heavy atom. The van der Waals surface area contributed by atoms with Gasteiger partial charge in [0.2, 0.25) is 0 Å². The topological polar surface area (TPSA) is 29.5 Å². The fourth-order valence-electron chi connectivity index (χ4n) is 1.33. The van der Waals surface area contributed by atoms with Crippen LogP contribution in [0, 0.1) is 11.8 Å². The molecular formula is C10H15NO2. The molecule has 1 aliphatic rings. The van der Waals surface area contributed by atoms with Crippen LogP contribution in [0.2, 0.25) is 0 Å². The standard InChI is InChI=1S/C10H15NO2/c1-8-6-4-5-7-9(8)10(12)11(2)13-3/h4-9H,1-3H3. The summed E-state index contributed by atoms with van der Waals surface area (Å²) in [5.41, 5.74) is 0. The SMILES string of the molecule is CON(C)C(=O)C1C=CC=CC1C. The number of hydrogen-bond donors (Lipinski definition) is 0. The number of carbonyl (C=O) groups is 1. The van der Waals surface area contributed by atoms with Crippen molar-refractivity contribution in [3.05, 3.63) is 24.3 Å². The summed E-state index contributed by atoms with van der Waals surface area (Å²) in [7, 11) is 3.12. The third kappa shape index (κ3) is 2.18. The highest BCUT2D eigenvalue weighted by Gasteiger charge is 2.24. The number of rotatable bonds is 2. The Labute approximate surface area is 78.6 Å². The van der Waals surface area contributed by atoms with Crippen molar-refractivity contribution in [2.24, 2.45) is 11.8 Å². The quantitative estimate of drug-likeness (QED) is 0.602. The molecule has 0 fully saturated rings. The van der Waals surface area contributed by atoms with E-state index in [4.69, 9.17) is 4.84 Å². The molecule has 0 heterocycles. The first-order chi connectivity index (χ1) is 6.16. The lowest BCUT2D eigenvalue weighted by atomic mass is 9.89. The van der Waals surface area contributed by atoms with Gasteiger partial charge in [-0.3, -0.25) is 9.63 Å². The predicted octanol–water partition coefficient (Wildman–Crippen LogP) is 1.38. The van der Waals surface area contributed by atoms with Crippen molar-refractivity contribution in [1.82, 2.24) is 5.06 Å². The third-order valence-electron chi connectivity index (χ3n) is 2.28. The zero-order chi connectivity index (χ0) is 9.84. The number of nitrogens with zero attached hydrogens (tertiary/aromatic N) is 1. The maximum atomic E-state index is 11.7. The summed E-state index contributed by atoms with van der Waals surface area (Å²) in [6.07, 6.45) is 7.78. The third-order valence-corrected chi connectivity index (χ3v) is 2.28. The smallest absolute Gasteiger partial charge is 0.253 e. The van der Waals surface area contributed by atoms with Gasteiger partial charge in [0.15, 0.2) is 0 Å². The van der Waals surface area contributed by atoms with Crippen LogP contribution in [0.3, 0.4) is 0 Å². The number of amides is 1. The normalized spacial score (nSPS) is 26.1. The molecule has 0 aliphatic heterocycles. The molecule has 3 heteroatoms. The Hall–Kier alpha value is -1.09. The lowest BCUT2D eigenvalue weighted by molar-refractivity contribution is -0.172. The maximum Gasteiger partial charge on any atom is 0.253 e. The van der Waals surface area contributed by atoms with Crippen molar-refractivity contribution < 1.29 is 9.63 Å². The molecule has 0 N–H and O–H groups in total. The zero-order valence-electron chi connectivity index (χ0n) is 8.23. The minimum absolute atomic E-state index is 0.00407. The van der Waals surface area contributed by atoms with Crippen LogP contribution in [0.25, 0.3) is 0 Å². The van der Waals surface area contributed by atoms with E-state index in [1.54, 1.807) is 7.05 Å². The molecule has 0 radical (unpaired) electrons. The Morgan fingerprint density at radius 3 is 2.54 bits per heavy atom. The lowest BCUT2D eigenvalue weighted by Gasteiger charge is -2.23. The summed E-state index contributed by atoms with van der Waals surface area (Å²) in [6.45, 7) is 2.02. The van der Waals surface area contributed by atoms with Crippen molar-refractivity contribution in [3.63, 3.8) is 0 Å². The summed E-state index contributed by atoms with van der Waals surface area (Å²) in [6, 6.07) is 0. The first-order valence-corrected chi connectivity index (χ1v) is 4.33. The van der Waals surface area contributed by atoms with Gasteiger partial charge in [0.25, 0.3) is 5.91 Å². The summed E-state index contributed by atoms with van der Waals surface area (Å²) < 4.78 is 0. The molecule has 3 nitrogen and oxygen atoms in total. The Balaban J connectivity index is 2.66. The molecule has 0 aromatic heterocycles. The number of carbonyl (C=O) groups excluding carboxylic acids is 1. The molecular weight excluding hydrogens is 166 g/mol. The van der Waals surface area contributed by atoms with Gasteiger partial charge >= 0.3 is 0 Å². The molecule has 1 rings (SSSR count). The molecule has 0 spiro atoms. The Kier molecular flexibility index (Phi) is 3.25. The molecule has 2 unspecified atom stereocenters. The molecule has 0 saturated heterocycles. The fourth-order valence-corrected chi connectivity index (χ4v) is 1.33. The van der Waals surface area contributed by atoms with Crippen molar-refractivity contribution in [2.75, 3.05) is 14.2 Å². The van der Waals surface area contributed by atoms with E-state index in [-0.39, 0.29) is 17.7 Å². The number of allylic oxidation sites excluding steroid dienone is 3. The summed E-state index contributed by atoms with van der Waals surface area (Å²) in [5.74, 6) is 0.153. The average molecular weight is 181 g/mol. The van der Waals surface area contributed by atoms with Gasteiger partial charge in [-0.15, -0.1) is 0 Å². The minimum atomic E-state index is -0.0880. The molecule has 1 amide bonds. The van der Waals surface area contributed by atoms with E-state index in [1.165, 1.54) is 12.2 Å². The minimum Gasteiger partial charge on any atom is -0.275 e. The van der Waals surface area contributed by atoms with Crippen molar-refractivity contribution >= 4 is 5.91 Å². The first kappa shape index (κ1) is 9.99. The second kappa shape index (κ2) is 4.23. The molecule has 1 aliphatic carbocycles. The molecule has 72 valence electrons. The summed E-state index contributed by atoms with van der Waals surface area (Å²) >= 11 is 0. The van der Waals surface area contributed by atoms with Gasteiger partial charge < -0.3 is 0 Å². The van der Waals surface area contributed by atoms with Crippen LogP contribution in [0.5, 0.6) is 0 Å². The van der Waals surface area contributed by atoms with Gasteiger partial charge in [-0.05, 0) is 5.92 Å². The van der Waals surface area contributed by atoms with Crippen molar-refractivity contribution in [1.29, 1.82) is 0 Å². The van der Waals surface area contributed by atoms with Crippen molar-refractivity contribution in [3.8, 4) is 0 Å². The number of hydrogen-bond acceptors (Lipinski definition) is 2. The highest BCUT2D eigenvalue weighted by atomic mass is 16.7. The second-order valence-electron chi connectivity index (χ2n) is 3.17. The highest BCUT2D eigenvalue weighted by molar-refractivity contribution is 5.80. The van der Waals surface area contributed by atoms with E-state index in [0.29, 0.717) is 0 Å². The van der Waals surface area contributed by atoms with E-state index in [9.17, 15) is 4.79 Å². The number of hydroxylamine groups is 2. The lowest BCUT2D eigenvalue weighted by Crippen LogP contribution is -2.34. The van der Waals surface area contributed by atoms with Gasteiger partial charge in [0.1, 0.15) is 0 Å². The van der Waals surface area contributed by atoms with Gasteiger partial charge in [-0.1, -0.05) is 31.2 Å². The molecule has 2 atom stereocenters. The van der Waals surface area contributed by atoms with E-state index in [0.717, 1.165) is 0 Å². The van der Waals surface area contributed by atoms with Gasteiger partial charge in [0.05, 0.1) is 13.0 Å². The van der Waals surface area contributed by atoms with Crippen LogP contribution < -0.4 is 0 Å². The van der Waals surface area contributed by atoms with Gasteiger partial charge in [-0.2, -0.15) is 0 Å². The maximum absolute atomic E-state index is 11.7. The van der Waals surface area contributed by atoms with Crippen LogP contribution >= 0.6 is 0 Å². The fraction of sp³-hybridized carbons (Fsp3) is 0.500. The van der Waals surface area contributed by atoms with Crippen LogP contribution in [-0.2, 0) is 9.63 Å². The molecule has 0 saturated carbocycles. The Morgan fingerprint density at radius 2 is 2.00 bits per heavy atom. The monoisotopic (exact) mass is 181 g/mol. The average Bonchev–Trinajstić information content (AvgIpc) is 2.16. The summed E-state index contributed by atoms with van der Waals surface area (Å²) in [4.78, 5) is 16.5. The highest BCUT2D eigenvalue weighted by Crippen LogP contribution is 2.20. The van der Waals surface area contributed by atoms with Crippen LogP contribution in [0.4, 0.5) is 0 Å².